The molecule has 3 aromatic rings. The lowest BCUT2D eigenvalue weighted by Crippen LogP contribution is -2.29. The van der Waals surface area contributed by atoms with Crippen LogP contribution in [0.3, 0.4) is 0 Å². The number of amides is 1. The standard InChI is InChI=1S/C16H12BrN7O/c1-10(23-16(25)12-4-13(17)8-19-7-12)15-21-9-22-24(15)14-3-2-11(5-18)6-20-14/h2-4,6-10H,1H3,(H,23,25)/t10-/m0/s1. The predicted molar refractivity (Wildman–Crippen MR) is 91.7 cm³/mol. The van der Waals surface area contributed by atoms with Crippen LogP contribution >= 0.6 is 15.9 Å². The molecule has 0 radical (unpaired) electrons. The molecule has 0 saturated heterocycles. The van der Waals surface area contributed by atoms with Crippen molar-refractivity contribution in [2.24, 2.45) is 0 Å². The minimum absolute atomic E-state index is 0.274. The number of pyridine rings is 2. The zero-order chi connectivity index (χ0) is 17.8. The average Bonchev–Trinajstić information content (AvgIpc) is 3.11. The van der Waals surface area contributed by atoms with Gasteiger partial charge >= 0.3 is 0 Å². The maximum absolute atomic E-state index is 12.4. The second-order valence-electron chi connectivity index (χ2n) is 5.13. The normalized spacial score (nSPS) is 11.6. The highest BCUT2D eigenvalue weighted by Crippen LogP contribution is 2.15. The molecule has 8 nitrogen and oxygen atoms in total. The first kappa shape index (κ1) is 16.7. The van der Waals surface area contributed by atoms with E-state index in [4.69, 9.17) is 5.26 Å². The SMILES string of the molecule is C[C@H](NC(=O)c1cncc(Br)c1)c1ncnn1-c1ccc(C#N)cn1. The van der Waals surface area contributed by atoms with E-state index in [0.717, 1.165) is 4.47 Å². The van der Waals surface area contributed by atoms with Gasteiger partial charge in [-0.3, -0.25) is 9.78 Å². The van der Waals surface area contributed by atoms with Gasteiger partial charge in [0.25, 0.3) is 5.91 Å². The van der Waals surface area contributed by atoms with E-state index in [1.54, 1.807) is 31.3 Å². The lowest BCUT2D eigenvalue weighted by molar-refractivity contribution is 0.0937. The number of rotatable bonds is 4. The number of carbonyl (C=O) groups excluding carboxylic acids is 1. The van der Waals surface area contributed by atoms with Crippen molar-refractivity contribution >= 4 is 21.8 Å². The Morgan fingerprint density at radius 3 is 2.84 bits per heavy atom. The topological polar surface area (TPSA) is 109 Å². The van der Waals surface area contributed by atoms with Crippen LogP contribution in [-0.4, -0.2) is 30.6 Å². The van der Waals surface area contributed by atoms with Gasteiger partial charge in [-0.15, -0.1) is 0 Å². The molecule has 1 N–H and O–H groups in total. The molecule has 0 spiro atoms. The maximum atomic E-state index is 12.4. The minimum Gasteiger partial charge on any atom is -0.342 e. The van der Waals surface area contributed by atoms with E-state index in [1.165, 1.54) is 23.4 Å². The number of aromatic nitrogens is 5. The van der Waals surface area contributed by atoms with Crippen LogP contribution in [0, 0.1) is 11.3 Å². The number of hydrogen-bond acceptors (Lipinski definition) is 6. The summed E-state index contributed by atoms with van der Waals surface area (Å²) < 4.78 is 2.24. The summed E-state index contributed by atoms with van der Waals surface area (Å²) in [6, 6.07) is 6.60. The molecular formula is C16H12BrN7O. The molecule has 1 amide bonds. The van der Waals surface area contributed by atoms with Crippen LogP contribution in [0.2, 0.25) is 0 Å². The largest absolute Gasteiger partial charge is 0.342 e. The molecule has 0 aromatic carbocycles. The molecule has 0 fully saturated rings. The molecule has 1 atom stereocenters. The van der Waals surface area contributed by atoms with Crippen molar-refractivity contribution in [3.05, 3.63) is 64.5 Å². The van der Waals surface area contributed by atoms with Gasteiger partial charge < -0.3 is 5.32 Å². The molecule has 0 aliphatic carbocycles. The Hall–Kier alpha value is -3.12. The molecule has 0 saturated carbocycles. The molecule has 0 unspecified atom stereocenters. The fourth-order valence-electron chi connectivity index (χ4n) is 2.18. The summed E-state index contributed by atoms with van der Waals surface area (Å²) in [5.41, 5.74) is 0.887. The first-order valence-corrected chi connectivity index (χ1v) is 8.05. The minimum atomic E-state index is -0.411. The Bertz CT molecular complexity index is 946. The van der Waals surface area contributed by atoms with Gasteiger partial charge in [-0.05, 0) is 41.1 Å². The molecule has 124 valence electrons. The second-order valence-corrected chi connectivity index (χ2v) is 6.05. The molecule has 0 aliphatic heterocycles. The van der Waals surface area contributed by atoms with Gasteiger partial charge in [-0.25, -0.2) is 9.97 Å². The first-order chi connectivity index (χ1) is 12.1. The van der Waals surface area contributed by atoms with Crippen molar-refractivity contribution in [1.82, 2.24) is 30.0 Å². The Kier molecular flexibility index (Phi) is 4.81. The van der Waals surface area contributed by atoms with Crippen molar-refractivity contribution in [3.8, 4) is 11.9 Å². The van der Waals surface area contributed by atoms with Crippen molar-refractivity contribution in [2.75, 3.05) is 0 Å². The fourth-order valence-corrected chi connectivity index (χ4v) is 2.55. The summed E-state index contributed by atoms with van der Waals surface area (Å²) in [5, 5.41) is 15.8. The number of halogens is 1. The summed E-state index contributed by atoms with van der Waals surface area (Å²) in [4.78, 5) is 24.7. The Morgan fingerprint density at radius 2 is 2.16 bits per heavy atom. The molecular weight excluding hydrogens is 386 g/mol. The van der Waals surface area contributed by atoms with Gasteiger partial charge in [0.1, 0.15) is 12.4 Å². The summed E-state index contributed by atoms with van der Waals surface area (Å²) in [6.45, 7) is 1.80. The van der Waals surface area contributed by atoms with E-state index in [1.807, 2.05) is 6.07 Å². The summed E-state index contributed by atoms with van der Waals surface area (Å²) in [6.07, 6.45) is 5.93. The number of nitrogens with zero attached hydrogens (tertiary/aromatic N) is 6. The van der Waals surface area contributed by atoms with E-state index >= 15 is 0 Å². The highest BCUT2D eigenvalue weighted by atomic mass is 79.9. The Balaban J connectivity index is 1.81. The van der Waals surface area contributed by atoms with Crippen LogP contribution in [-0.2, 0) is 0 Å². The summed E-state index contributed by atoms with van der Waals surface area (Å²) in [5.74, 6) is 0.758. The van der Waals surface area contributed by atoms with E-state index in [-0.39, 0.29) is 5.91 Å². The van der Waals surface area contributed by atoms with Crippen LogP contribution in [0.4, 0.5) is 0 Å². The van der Waals surface area contributed by atoms with Crippen LogP contribution in [0.5, 0.6) is 0 Å². The van der Waals surface area contributed by atoms with E-state index < -0.39 is 6.04 Å². The molecule has 0 bridgehead atoms. The van der Waals surface area contributed by atoms with Crippen molar-refractivity contribution in [2.45, 2.75) is 13.0 Å². The number of carbonyl (C=O) groups is 1. The van der Waals surface area contributed by atoms with E-state index in [2.05, 4.69) is 41.3 Å². The number of nitrogens with one attached hydrogen (secondary N) is 1. The van der Waals surface area contributed by atoms with Gasteiger partial charge in [0.2, 0.25) is 0 Å². The molecule has 9 heteroatoms. The third-order valence-corrected chi connectivity index (χ3v) is 3.80. The van der Waals surface area contributed by atoms with Crippen LogP contribution in [0.15, 0.2) is 47.6 Å². The fraction of sp³-hybridized carbons (Fsp3) is 0.125. The Morgan fingerprint density at radius 1 is 1.32 bits per heavy atom. The van der Waals surface area contributed by atoms with Gasteiger partial charge in [0.15, 0.2) is 11.6 Å². The molecule has 3 heterocycles. The third kappa shape index (κ3) is 3.70. The average molecular weight is 398 g/mol. The second kappa shape index (κ2) is 7.19. The quantitative estimate of drug-likeness (QED) is 0.722. The molecule has 3 aromatic heterocycles. The molecule has 3 rings (SSSR count). The third-order valence-electron chi connectivity index (χ3n) is 3.37. The van der Waals surface area contributed by atoms with Crippen LogP contribution in [0.1, 0.15) is 34.7 Å². The zero-order valence-electron chi connectivity index (χ0n) is 13.1. The predicted octanol–water partition coefficient (Wildman–Crippen LogP) is 2.18. The van der Waals surface area contributed by atoms with Gasteiger partial charge in [-0.2, -0.15) is 15.0 Å². The lowest BCUT2D eigenvalue weighted by atomic mass is 10.2. The van der Waals surface area contributed by atoms with Crippen molar-refractivity contribution in [1.29, 1.82) is 5.26 Å². The van der Waals surface area contributed by atoms with Gasteiger partial charge in [0.05, 0.1) is 17.2 Å². The van der Waals surface area contributed by atoms with Crippen LogP contribution < -0.4 is 5.32 Å². The van der Waals surface area contributed by atoms with Gasteiger partial charge in [0, 0.05) is 23.1 Å². The van der Waals surface area contributed by atoms with Crippen molar-refractivity contribution < 1.29 is 4.79 Å². The summed E-state index contributed by atoms with van der Waals surface area (Å²) >= 11 is 3.29. The molecule has 0 aliphatic rings. The lowest BCUT2D eigenvalue weighted by Gasteiger charge is -2.14. The Labute approximate surface area is 151 Å². The molecule has 25 heavy (non-hydrogen) atoms. The highest BCUT2D eigenvalue weighted by Gasteiger charge is 2.18. The summed E-state index contributed by atoms with van der Waals surface area (Å²) in [7, 11) is 0. The maximum Gasteiger partial charge on any atom is 0.253 e. The number of hydrogen-bond donors (Lipinski definition) is 1. The van der Waals surface area contributed by atoms with E-state index in [9.17, 15) is 4.79 Å². The monoisotopic (exact) mass is 397 g/mol. The number of nitriles is 1. The highest BCUT2D eigenvalue weighted by molar-refractivity contribution is 9.10. The first-order valence-electron chi connectivity index (χ1n) is 7.26. The van der Waals surface area contributed by atoms with Gasteiger partial charge in [-0.1, -0.05) is 0 Å². The van der Waals surface area contributed by atoms with Crippen molar-refractivity contribution in [3.63, 3.8) is 0 Å². The van der Waals surface area contributed by atoms with E-state index in [0.29, 0.717) is 22.8 Å². The smallest absolute Gasteiger partial charge is 0.253 e. The van der Waals surface area contributed by atoms with Crippen LogP contribution in [0.25, 0.3) is 5.82 Å². The zero-order valence-corrected chi connectivity index (χ0v) is 14.7.